The molecule has 0 aliphatic carbocycles. The Morgan fingerprint density at radius 3 is 2.27 bits per heavy atom. The molecule has 0 saturated carbocycles. The van der Waals surface area contributed by atoms with E-state index in [9.17, 15) is 15.0 Å². The molecule has 30 heavy (non-hydrogen) atoms. The minimum atomic E-state index is -1.06. The van der Waals surface area contributed by atoms with Crippen LogP contribution in [0.25, 0.3) is 0 Å². The van der Waals surface area contributed by atoms with E-state index in [0.29, 0.717) is 30.0 Å². The summed E-state index contributed by atoms with van der Waals surface area (Å²) in [5, 5.41) is 21.9. The average molecular weight is 419 g/mol. The molecule has 0 radical (unpaired) electrons. The number of aliphatic hydroxyl groups excluding tert-OH is 2. The van der Waals surface area contributed by atoms with Crippen LogP contribution in [-0.4, -0.2) is 56.4 Å². The highest BCUT2D eigenvalue weighted by atomic mass is 16.5. The van der Waals surface area contributed by atoms with E-state index < -0.39 is 18.3 Å². The SMILES string of the molecule is COc1ccc(COC(=O)c2c(CCNC(O)C(C)O)ccc(OC)c2OC)cc1. The molecule has 0 amide bonds. The molecule has 0 heterocycles. The van der Waals surface area contributed by atoms with E-state index in [1.54, 1.807) is 31.4 Å². The van der Waals surface area contributed by atoms with Gasteiger partial charge in [-0.2, -0.15) is 0 Å². The number of esters is 1. The standard InChI is InChI=1S/C22H29NO7/c1-14(24)21(25)23-12-11-16-7-10-18(28-3)20(29-4)19(16)22(26)30-13-15-5-8-17(27-2)9-6-15/h5-10,14,21,23-25H,11-13H2,1-4H3. The molecule has 164 valence electrons. The van der Waals surface area contributed by atoms with Crippen molar-refractivity contribution in [2.24, 2.45) is 0 Å². The Morgan fingerprint density at radius 2 is 1.70 bits per heavy atom. The molecule has 0 aliphatic heterocycles. The molecule has 0 aliphatic rings. The number of nitrogens with one attached hydrogen (secondary N) is 1. The molecule has 3 N–H and O–H groups in total. The molecule has 2 aromatic rings. The van der Waals surface area contributed by atoms with Crippen molar-refractivity contribution in [3.63, 3.8) is 0 Å². The molecular formula is C22H29NO7. The Labute approximate surface area is 176 Å². The summed E-state index contributed by atoms with van der Waals surface area (Å²) in [5.41, 5.74) is 1.74. The zero-order chi connectivity index (χ0) is 22.1. The highest BCUT2D eigenvalue weighted by molar-refractivity contribution is 5.95. The van der Waals surface area contributed by atoms with E-state index in [2.05, 4.69) is 5.32 Å². The molecule has 0 saturated heterocycles. The Kier molecular flexibility index (Phi) is 8.91. The van der Waals surface area contributed by atoms with Gasteiger partial charge in [0.05, 0.1) is 27.4 Å². The van der Waals surface area contributed by atoms with E-state index in [4.69, 9.17) is 18.9 Å². The lowest BCUT2D eigenvalue weighted by Gasteiger charge is -2.18. The Balaban J connectivity index is 2.19. The van der Waals surface area contributed by atoms with Crippen molar-refractivity contribution in [3.05, 3.63) is 53.1 Å². The lowest BCUT2D eigenvalue weighted by Crippen LogP contribution is -2.39. The minimum absolute atomic E-state index is 0.0849. The van der Waals surface area contributed by atoms with E-state index in [1.807, 2.05) is 12.1 Å². The Morgan fingerprint density at radius 1 is 1.00 bits per heavy atom. The summed E-state index contributed by atoms with van der Waals surface area (Å²) in [7, 11) is 4.53. The third kappa shape index (κ3) is 6.09. The molecule has 0 fully saturated rings. The third-order valence-corrected chi connectivity index (χ3v) is 4.57. The van der Waals surface area contributed by atoms with Crippen LogP contribution in [0.3, 0.4) is 0 Å². The second-order valence-electron chi connectivity index (χ2n) is 6.65. The quantitative estimate of drug-likeness (QED) is 0.375. The second-order valence-corrected chi connectivity index (χ2v) is 6.65. The molecule has 2 atom stereocenters. The van der Waals surface area contributed by atoms with Gasteiger partial charge in [0.2, 0.25) is 0 Å². The first-order chi connectivity index (χ1) is 14.4. The molecular weight excluding hydrogens is 390 g/mol. The van der Waals surface area contributed by atoms with Crippen molar-refractivity contribution in [1.82, 2.24) is 5.32 Å². The summed E-state index contributed by atoms with van der Waals surface area (Å²) < 4.78 is 21.4. The molecule has 2 aromatic carbocycles. The van der Waals surface area contributed by atoms with Gasteiger partial charge >= 0.3 is 5.97 Å². The number of hydrogen-bond acceptors (Lipinski definition) is 8. The zero-order valence-electron chi connectivity index (χ0n) is 17.7. The summed E-state index contributed by atoms with van der Waals surface area (Å²) in [6.45, 7) is 1.90. The number of rotatable bonds is 11. The first kappa shape index (κ1) is 23.5. The normalized spacial score (nSPS) is 12.7. The van der Waals surface area contributed by atoms with Gasteiger partial charge in [-0.05, 0) is 42.7 Å². The van der Waals surface area contributed by atoms with Gasteiger partial charge in [0.1, 0.15) is 24.1 Å². The molecule has 0 bridgehead atoms. The van der Waals surface area contributed by atoms with Crippen molar-refractivity contribution in [2.45, 2.75) is 32.3 Å². The van der Waals surface area contributed by atoms with Crippen LogP contribution in [0.1, 0.15) is 28.4 Å². The van der Waals surface area contributed by atoms with Crippen LogP contribution in [0.4, 0.5) is 0 Å². The van der Waals surface area contributed by atoms with Crippen molar-refractivity contribution < 1.29 is 34.0 Å². The van der Waals surface area contributed by atoms with Crippen molar-refractivity contribution in [3.8, 4) is 17.2 Å². The van der Waals surface area contributed by atoms with E-state index in [0.717, 1.165) is 5.56 Å². The zero-order valence-corrected chi connectivity index (χ0v) is 17.7. The monoisotopic (exact) mass is 419 g/mol. The Hall–Kier alpha value is -2.81. The van der Waals surface area contributed by atoms with Crippen LogP contribution in [0.15, 0.2) is 36.4 Å². The van der Waals surface area contributed by atoms with Crippen LogP contribution in [0.2, 0.25) is 0 Å². The van der Waals surface area contributed by atoms with Crippen molar-refractivity contribution in [2.75, 3.05) is 27.9 Å². The van der Waals surface area contributed by atoms with Gasteiger partial charge in [0.15, 0.2) is 11.5 Å². The fraction of sp³-hybridized carbons (Fsp3) is 0.409. The maximum absolute atomic E-state index is 12.9. The summed E-state index contributed by atoms with van der Waals surface area (Å²) >= 11 is 0. The van der Waals surface area contributed by atoms with Gasteiger partial charge in [0, 0.05) is 6.54 Å². The fourth-order valence-corrected chi connectivity index (χ4v) is 2.87. The number of carbonyl (C=O) groups is 1. The van der Waals surface area contributed by atoms with Gasteiger partial charge < -0.3 is 29.2 Å². The molecule has 2 unspecified atom stereocenters. The van der Waals surface area contributed by atoms with Crippen LogP contribution >= 0.6 is 0 Å². The number of methoxy groups -OCH3 is 3. The summed E-state index contributed by atoms with van der Waals surface area (Å²) in [5.74, 6) is 0.863. The van der Waals surface area contributed by atoms with Crippen molar-refractivity contribution >= 4 is 5.97 Å². The topological polar surface area (TPSA) is 106 Å². The number of ether oxygens (including phenoxy) is 4. The van der Waals surface area contributed by atoms with Gasteiger partial charge in [-0.15, -0.1) is 0 Å². The maximum atomic E-state index is 12.9. The van der Waals surface area contributed by atoms with E-state index in [1.165, 1.54) is 21.1 Å². The lowest BCUT2D eigenvalue weighted by molar-refractivity contribution is 0.00979. The summed E-state index contributed by atoms with van der Waals surface area (Å²) in [4.78, 5) is 12.9. The van der Waals surface area contributed by atoms with Crippen LogP contribution < -0.4 is 19.5 Å². The molecule has 0 spiro atoms. The first-order valence-corrected chi connectivity index (χ1v) is 9.54. The summed E-state index contributed by atoms with van der Waals surface area (Å²) in [6, 6.07) is 10.7. The molecule has 8 nitrogen and oxygen atoms in total. The minimum Gasteiger partial charge on any atom is -0.497 e. The number of aliphatic hydroxyl groups is 2. The van der Waals surface area contributed by atoms with Gasteiger partial charge in [-0.25, -0.2) is 4.79 Å². The average Bonchev–Trinajstić information content (AvgIpc) is 2.76. The number of hydrogen-bond donors (Lipinski definition) is 3. The predicted molar refractivity (Wildman–Crippen MR) is 111 cm³/mol. The van der Waals surface area contributed by atoms with Crippen LogP contribution in [-0.2, 0) is 17.8 Å². The van der Waals surface area contributed by atoms with Crippen LogP contribution in [0.5, 0.6) is 17.2 Å². The molecule has 0 aromatic heterocycles. The van der Waals surface area contributed by atoms with Crippen molar-refractivity contribution in [1.29, 1.82) is 0 Å². The maximum Gasteiger partial charge on any atom is 0.342 e. The molecule has 2 rings (SSSR count). The predicted octanol–water partition coefficient (Wildman–Crippen LogP) is 1.90. The van der Waals surface area contributed by atoms with Gasteiger partial charge in [-0.1, -0.05) is 18.2 Å². The summed E-state index contributed by atoms with van der Waals surface area (Å²) in [6.07, 6.45) is -1.57. The van der Waals surface area contributed by atoms with Crippen LogP contribution in [0, 0.1) is 0 Å². The van der Waals surface area contributed by atoms with Gasteiger partial charge in [-0.3, -0.25) is 5.32 Å². The van der Waals surface area contributed by atoms with E-state index in [-0.39, 0.29) is 17.9 Å². The fourth-order valence-electron chi connectivity index (χ4n) is 2.87. The highest BCUT2D eigenvalue weighted by Gasteiger charge is 2.23. The Bertz CT molecular complexity index is 821. The number of carbonyl (C=O) groups excluding carboxylic acids is 1. The first-order valence-electron chi connectivity index (χ1n) is 9.54. The number of benzene rings is 2. The van der Waals surface area contributed by atoms with Gasteiger partial charge in [0.25, 0.3) is 0 Å². The highest BCUT2D eigenvalue weighted by Crippen LogP contribution is 2.34. The molecule has 8 heteroatoms. The lowest BCUT2D eigenvalue weighted by atomic mass is 10.0. The largest absolute Gasteiger partial charge is 0.497 e. The second kappa shape index (κ2) is 11.4. The third-order valence-electron chi connectivity index (χ3n) is 4.57. The smallest absolute Gasteiger partial charge is 0.342 e. The van der Waals surface area contributed by atoms with E-state index >= 15 is 0 Å².